The van der Waals surface area contributed by atoms with Crippen LogP contribution in [0, 0.1) is 24.2 Å². The van der Waals surface area contributed by atoms with Crippen molar-refractivity contribution >= 4 is 38.7 Å². The van der Waals surface area contributed by atoms with Crippen molar-refractivity contribution in [1.29, 1.82) is 5.26 Å². The number of nitrogens with zero attached hydrogens (tertiary/aromatic N) is 2. The quantitative estimate of drug-likeness (QED) is 0.705. The smallest absolute Gasteiger partial charge is 0.347 e. The van der Waals surface area contributed by atoms with Gasteiger partial charge in [-0.3, -0.25) is 0 Å². The second-order valence-corrected chi connectivity index (χ2v) is 8.17. The lowest BCUT2D eigenvalue weighted by molar-refractivity contribution is 0.0701. The van der Waals surface area contributed by atoms with Crippen LogP contribution < -0.4 is 0 Å². The number of hydrogen-bond acceptors (Lipinski definition) is 5. The summed E-state index contributed by atoms with van der Waals surface area (Å²) in [5, 5.41) is 20.4. The van der Waals surface area contributed by atoms with Crippen LogP contribution >= 0.6 is 22.7 Å². The Hall–Kier alpha value is -2.23. The molecule has 0 radical (unpaired) electrons. The molecule has 3 rings (SSSR count). The van der Waals surface area contributed by atoms with Crippen molar-refractivity contribution < 1.29 is 9.90 Å². The van der Waals surface area contributed by atoms with Gasteiger partial charge in [-0.1, -0.05) is 19.9 Å². The number of aromatic carboxylic acids is 1. The minimum atomic E-state index is -0.950. The maximum atomic E-state index is 11.2. The third-order valence-electron chi connectivity index (χ3n) is 3.64. The molecule has 0 aliphatic carbocycles. The molecular weight excluding hydrogens is 340 g/mol. The van der Waals surface area contributed by atoms with Gasteiger partial charge >= 0.3 is 5.97 Å². The highest BCUT2D eigenvalue weighted by Crippen LogP contribution is 2.38. The second kappa shape index (κ2) is 6.34. The summed E-state index contributed by atoms with van der Waals surface area (Å²) in [6, 6.07) is 8.37. The van der Waals surface area contributed by atoms with Crippen LogP contribution in [0.2, 0.25) is 0 Å². The lowest BCUT2D eigenvalue weighted by Gasteiger charge is -2.05. The fourth-order valence-electron chi connectivity index (χ4n) is 2.69. The van der Waals surface area contributed by atoms with E-state index in [-0.39, 0.29) is 4.88 Å². The highest BCUT2D eigenvalue weighted by atomic mass is 32.1. The average Bonchev–Trinajstić information content (AvgIpc) is 3.08. The normalized spacial score (nSPS) is 11.1. The average molecular weight is 356 g/mol. The minimum absolute atomic E-state index is 0.267. The number of carboxylic acid groups (broad SMARTS) is 1. The topological polar surface area (TPSA) is 74.0 Å². The van der Waals surface area contributed by atoms with E-state index in [0.29, 0.717) is 22.2 Å². The van der Waals surface area contributed by atoms with Gasteiger partial charge < -0.3 is 5.11 Å². The monoisotopic (exact) mass is 356 g/mol. The van der Waals surface area contributed by atoms with E-state index in [1.165, 1.54) is 22.7 Å². The summed E-state index contributed by atoms with van der Waals surface area (Å²) in [6.45, 7) is 6.01. The Kier molecular flexibility index (Phi) is 4.39. The summed E-state index contributed by atoms with van der Waals surface area (Å²) in [5.41, 5.74) is 2.35. The van der Waals surface area contributed by atoms with Crippen LogP contribution in [-0.4, -0.2) is 16.1 Å². The number of benzene rings is 1. The third kappa shape index (κ3) is 3.05. The van der Waals surface area contributed by atoms with E-state index < -0.39 is 5.97 Å². The maximum absolute atomic E-state index is 11.2. The van der Waals surface area contributed by atoms with Crippen LogP contribution in [0.1, 0.15) is 40.3 Å². The van der Waals surface area contributed by atoms with Crippen molar-refractivity contribution in [3.63, 3.8) is 0 Å². The molecule has 4 nitrogen and oxygen atoms in total. The highest BCUT2D eigenvalue weighted by Gasteiger charge is 2.18. The first-order valence-electron chi connectivity index (χ1n) is 7.56. The number of carboxylic acids is 1. The zero-order valence-corrected chi connectivity index (χ0v) is 15.2. The van der Waals surface area contributed by atoms with Gasteiger partial charge in [0.2, 0.25) is 0 Å². The summed E-state index contributed by atoms with van der Waals surface area (Å²) in [7, 11) is 0. The number of nitriles is 1. The first-order chi connectivity index (χ1) is 11.4. The first kappa shape index (κ1) is 16.6. The molecule has 0 atom stereocenters. The molecule has 0 saturated carbocycles. The van der Waals surface area contributed by atoms with E-state index >= 15 is 0 Å². The summed E-state index contributed by atoms with van der Waals surface area (Å²) in [4.78, 5) is 16.8. The summed E-state index contributed by atoms with van der Waals surface area (Å²) >= 11 is 2.68. The number of thiazole rings is 1. The van der Waals surface area contributed by atoms with Gasteiger partial charge in [-0.2, -0.15) is 5.26 Å². The first-order valence-corrected chi connectivity index (χ1v) is 9.20. The van der Waals surface area contributed by atoms with Gasteiger partial charge in [0, 0.05) is 0 Å². The van der Waals surface area contributed by atoms with Crippen molar-refractivity contribution in [2.75, 3.05) is 0 Å². The molecule has 24 heavy (non-hydrogen) atoms. The van der Waals surface area contributed by atoms with Crippen LogP contribution in [0.4, 0.5) is 0 Å². The molecule has 1 aromatic carbocycles. The number of thiophene rings is 1. The van der Waals surface area contributed by atoms with Gasteiger partial charge in [-0.25, -0.2) is 9.78 Å². The molecule has 2 heterocycles. The molecule has 0 aliphatic rings. The Labute approximate surface area is 148 Å². The van der Waals surface area contributed by atoms with Crippen molar-refractivity contribution in [3.05, 3.63) is 39.9 Å². The van der Waals surface area contributed by atoms with Gasteiger partial charge in [0.05, 0.1) is 20.8 Å². The zero-order valence-electron chi connectivity index (χ0n) is 13.6. The number of aryl methyl sites for hydroxylation is 1. The zero-order chi connectivity index (χ0) is 17.4. The fourth-order valence-corrected chi connectivity index (χ4v) is 4.75. The largest absolute Gasteiger partial charge is 0.477 e. The molecule has 0 amide bonds. The molecule has 2 aromatic heterocycles. The Bertz CT molecular complexity index is 977. The molecule has 0 spiro atoms. The third-order valence-corrected chi connectivity index (χ3v) is 6.14. The molecule has 0 bridgehead atoms. The molecule has 0 fully saturated rings. The Morgan fingerprint density at radius 1 is 1.33 bits per heavy atom. The number of carbonyl (C=O) groups is 1. The fraction of sp³-hybridized carbons (Fsp3) is 0.278. The highest BCUT2D eigenvalue weighted by molar-refractivity contribution is 7.26. The van der Waals surface area contributed by atoms with Crippen LogP contribution in [-0.2, 0) is 6.42 Å². The molecule has 3 aromatic rings. The van der Waals surface area contributed by atoms with Gasteiger partial charge in [0.15, 0.2) is 0 Å². The Balaban J connectivity index is 2.13. The second-order valence-electron chi connectivity index (χ2n) is 6.12. The van der Waals surface area contributed by atoms with Crippen molar-refractivity contribution in [3.8, 4) is 16.0 Å². The number of hydrogen-bond donors (Lipinski definition) is 1. The maximum Gasteiger partial charge on any atom is 0.347 e. The Morgan fingerprint density at radius 3 is 2.67 bits per heavy atom. The van der Waals surface area contributed by atoms with Crippen LogP contribution in [0.25, 0.3) is 20.0 Å². The molecule has 0 saturated heterocycles. The van der Waals surface area contributed by atoms with Gasteiger partial charge in [-0.05, 0) is 42.3 Å². The van der Waals surface area contributed by atoms with Crippen LogP contribution in [0.3, 0.4) is 0 Å². The SMILES string of the molecule is Cc1nc(-c2cc3cc(CC(C)C)cc(C#N)c3s2)sc1C(=O)O. The summed E-state index contributed by atoms with van der Waals surface area (Å²) in [6.07, 6.45) is 0.926. The van der Waals surface area contributed by atoms with Gasteiger partial charge in [0.1, 0.15) is 16.0 Å². The van der Waals surface area contributed by atoms with E-state index in [2.05, 4.69) is 31.0 Å². The van der Waals surface area contributed by atoms with Crippen LogP contribution in [0.15, 0.2) is 18.2 Å². The van der Waals surface area contributed by atoms with E-state index in [0.717, 1.165) is 26.9 Å². The number of fused-ring (bicyclic) bond motifs is 1. The van der Waals surface area contributed by atoms with E-state index in [9.17, 15) is 15.2 Å². The molecule has 1 N–H and O–H groups in total. The Morgan fingerprint density at radius 2 is 2.08 bits per heavy atom. The summed E-state index contributed by atoms with van der Waals surface area (Å²) in [5.74, 6) is -0.430. The van der Waals surface area contributed by atoms with Gasteiger partial charge in [-0.15, -0.1) is 22.7 Å². The molecule has 6 heteroatoms. The van der Waals surface area contributed by atoms with Gasteiger partial charge in [0.25, 0.3) is 0 Å². The molecule has 0 unspecified atom stereocenters. The lowest BCUT2D eigenvalue weighted by Crippen LogP contribution is -1.94. The molecule has 122 valence electrons. The van der Waals surface area contributed by atoms with Crippen LogP contribution in [0.5, 0.6) is 0 Å². The van der Waals surface area contributed by atoms with E-state index in [1.807, 2.05) is 12.1 Å². The summed E-state index contributed by atoms with van der Waals surface area (Å²) < 4.78 is 0.935. The molecule has 0 aliphatic heterocycles. The van der Waals surface area contributed by atoms with E-state index in [4.69, 9.17) is 0 Å². The predicted molar refractivity (Wildman–Crippen MR) is 97.9 cm³/mol. The van der Waals surface area contributed by atoms with Crippen molar-refractivity contribution in [2.45, 2.75) is 27.2 Å². The lowest BCUT2D eigenvalue weighted by atomic mass is 9.99. The minimum Gasteiger partial charge on any atom is -0.477 e. The van der Waals surface area contributed by atoms with Crippen molar-refractivity contribution in [1.82, 2.24) is 4.98 Å². The van der Waals surface area contributed by atoms with Crippen molar-refractivity contribution in [2.24, 2.45) is 5.92 Å². The number of rotatable bonds is 4. The van der Waals surface area contributed by atoms with E-state index in [1.54, 1.807) is 6.92 Å². The standard InChI is InChI=1S/C18H16N2O2S2/c1-9(2)4-11-5-12-7-14(23-16(12)13(6-11)8-19)17-20-10(3)15(24-17)18(21)22/h5-7,9H,4H2,1-3H3,(H,21,22). The number of aromatic nitrogens is 1. The predicted octanol–water partition coefficient (Wildman–Crippen LogP) is 5.10. The molecular formula is C18H16N2O2S2.